The van der Waals surface area contributed by atoms with E-state index in [0.29, 0.717) is 5.41 Å². The van der Waals surface area contributed by atoms with Gasteiger partial charge in [-0.2, -0.15) is 0 Å². The van der Waals surface area contributed by atoms with Gasteiger partial charge in [0.05, 0.1) is 0 Å². The van der Waals surface area contributed by atoms with Crippen molar-refractivity contribution in [2.24, 2.45) is 17.3 Å². The molecule has 84 valence electrons. The SMILES string of the molecule is C=C(C)C1CC[C@]2(C)CCCC(=C)C2C1. The van der Waals surface area contributed by atoms with Gasteiger partial charge in [0.15, 0.2) is 0 Å². The molecule has 15 heavy (non-hydrogen) atoms. The Hall–Kier alpha value is -0.520. The van der Waals surface area contributed by atoms with Crippen molar-refractivity contribution in [1.82, 2.24) is 0 Å². The van der Waals surface area contributed by atoms with Gasteiger partial charge in [-0.1, -0.05) is 31.2 Å². The van der Waals surface area contributed by atoms with E-state index in [0.717, 1.165) is 11.8 Å². The molecule has 2 saturated carbocycles. The highest BCUT2D eigenvalue weighted by Crippen LogP contribution is 2.54. The van der Waals surface area contributed by atoms with E-state index < -0.39 is 0 Å². The van der Waals surface area contributed by atoms with Gasteiger partial charge in [-0.25, -0.2) is 0 Å². The molecule has 0 heteroatoms. The van der Waals surface area contributed by atoms with Gasteiger partial charge in [-0.05, 0) is 62.7 Å². The molecule has 0 radical (unpaired) electrons. The second kappa shape index (κ2) is 3.81. The molecule has 0 aliphatic heterocycles. The Labute approximate surface area is 94.5 Å². The molecular weight excluding hydrogens is 180 g/mol. The van der Waals surface area contributed by atoms with Crippen LogP contribution in [0.3, 0.4) is 0 Å². The molecule has 0 aromatic rings. The minimum Gasteiger partial charge on any atom is -0.0999 e. The van der Waals surface area contributed by atoms with Crippen LogP contribution in [0.4, 0.5) is 0 Å². The van der Waals surface area contributed by atoms with E-state index in [1.54, 1.807) is 0 Å². The van der Waals surface area contributed by atoms with Gasteiger partial charge < -0.3 is 0 Å². The first-order chi connectivity index (χ1) is 7.03. The van der Waals surface area contributed by atoms with Crippen molar-refractivity contribution in [3.05, 3.63) is 24.3 Å². The predicted octanol–water partition coefficient (Wildman–Crippen LogP) is 4.73. The van der Waals surface area contributed by atoms with E-state index in [9.17, 15) is 0 Å². The molecule has 2 fully saturated rings. The third kappa shape index (κ3) is 1.91. The number of hydrogen-bond acceptors (Lipinski definition) is 0. The largest absolute Gasteiger partial charge is 0.0999 e. The molecule has 0 amide bonds. The van der Waals surface area contributed by atoms with E-state index in [-0.39, 0.29) is 0 Å². The van der Waals surface area contributed by atoms with Gasteiger partial charge in [0.1, 0.15) is 0 Å². The highest BCUT2D eigenvalue weighted by atomic mass is 14.5. The van der Waals surface area contributed by atoms with Crippen LogP contribution in [0.5, 0.6) is 0 Å². The van der Waals surface area contributed by atoms with Crippen LogP contribution in [0.25, 0.3) is 0 Å². The fourth-order valence-corrected chi connectivity index (χ4v) is 3.66. The van der Waals surface area contributed by atoms with E-state index in [2.05, 4.69) is 27.0 Å². The Morgan fingerprint density at radius 2 is 2.13 bits per heavy atom. The van der Waals surface area contributed by atoms with Gasteiger partial charge in [0.2, 0.25) is 0 Å². The molecule has 0 bridgehead atoms. The van der Waals surface area contributed by atoms with Crippen LogP contribution in [0.1, 0.15) is 52.4 Å². The average Bonchev–Trinajstić information content (AvgIpc) is 2.17. The first kappa shape index (κ1) is 11.0. The van der Waals surface area contributed by atoms with Crippen LogP contribution in [-0.2, 0) is 0 Å². The van der Waals surface area contributed by atoms with Gasteiger partial charge in [0, 0.05) is 0 Å². The topological polar surface area (TPSA) is 0 Å². The fourth-order valence-electron chi connectivity index (χ4n) is 3.66. The molecule has 2 aliphatic rings. The summed E-state index contributed by atoms with van der Waals surface area (Å²) in [6.07, 6.45) is 8.11. The third-order valence-corrected chi connectivity index (χ3v) is 4.86. The van der Waals surface area contributed by atoms with Gasteiger partial charge >= 0.3 is 0 Å². The number of rotatable bonds is 1. The lowest BCUT2D eigenvalue weighted by molar-refractivity contribution is 0.0832. The summed E-state index contributed by atoms with van der Waals surface area (Å²) in [5.74, 6) is 1.54. The van der Waals surface area contributed by atoms with Crippen molar-refractivity contribution in [3.8, 4) is 0 Å². The predicted molar refractivity (Wildman–Crippen MR) is 66.7 cm³/mol. The zero-order chi connectivity index (χ0) is 11.1. The van der Waals surface area contributed by atoms with Crippen molar-refractivity contribution in [3.63, 3.8) is 0 Å². The fraction of sp³-hybridized carbons (Fsp3) is 0.733. The number of hydrogen-bond donors (Lipinski definition) is 0. The van der Waals surface area contributed by atoms with Crippen LogP contribution in [0.2, 0.25) is 0 Å². The lowest BCUT2D eigenvalue weighted by atomic mass is 9.56. The van der Waals surface area contributed by atoms with Crippen LogP contribution in [0.15, 0.2) is 24.3 Å². The van der Waals surface area contributed by atoms with Crippen LogP contribution < -0.4 is 0 Å². The first-order valence-corrected chi connectivity index (χ1v) is 6.36. The van der Waals surface area contributed by atoms with Gasteiger partial charge in [0.25, 0.3) is 0 Å². The summed E-state index contributed by atoms with van der Waals surface area (Å²) in [6, 6.07) is 0. The standard InChI is InChI=1S/C15H24/c1-11(2)13-7-9-15(4)8-5-6-12(3)14(15)10-13/h13-14H,1,3,5-10H2,2,4H3/t13?,14?,15-/m0/s1. The molecule has 2 aliphatic carbocycles. The van der Waals surface area contributed by atoms with E-state index in [1.165, 1.54) is 49.7 Å². The zero-order valence-corrected chi connectivity index (χ0v) is 10.3. The maximum Gasteiger partial charge on any atom is -0.0146 e. The summed E-state index contributed by atoms with van der Waals surface area (Å²) in [7, 11) is 0. The minimum absolute atomic E-state index is 0.571. The Morgan fingerprint density at radius 3 is 2.80 bits per heavy atom. The van der Waals surface area contributed by atoms with Crippen molar-refractivity contribution in [1.29, 1.82) is 0 Å². The van der Waals surface area contributed by atoms with Crippen LogP contribution in [0, 0.1) is 17.3 Å². The van der Waals surface area contributed by atoms with Crippen LogP contribution in [-0.4, -0.2) is 0 Å². The monoisotopic (exact) mass is 204 g/mol. The molecule has 0 N–H and O–H groups in total. The Balaban J connectivity index is 2.16. The lowest BCUT2D eigenvalue weighted by Gasteiger charge is -2.49. The van der Waals surface area contributed by atoms with Crippen LogP contribution >= 0.6 is 0 Å². The maximum absolute atomic E-state index is 4.31. The van der Waals surface area contributed by atoms with E-state index in [4.69, 9.17) is 0 Å². The molecule has 0 heterocycles. The highest BCUT2D eigenvalue weighted by Gasteiger charge is 2.42. The normalized spacial score (nSPS) is 41.1. The Kier molecular flexibility index (Phi) is 2.79. The Bertz CT molecular complexity index is 286. The highest BCUT2D eigenvalue weighted by molar-refractivity contribution is 5.15. The van der Waals surface area contributed by atoms with Gasteiger partial charge in [-0.3, -0.25) is 0 Å². The Morgan fingerprint density at radius 1 is 1.40 bits per heavy atom. The summed E-state index contributed by atoms with van der Waals surface area (Å²) in [5.41, 5.74) is 3.48. The minimum atomic E-state index is 0.571. The van der Waals surface area contributed by atoms with Crippen molar-refractivity contribution in [2.75, 3.05) is 0 Å². The maximum atomic E-state index is 4.31. The quantitative estimate of drug-likeness (QED) is 0.542. The molecule has 0 saturated heterocycles. The average molecular weight is 204 g/mol. The summed E-state index contributed by atoms with van der Waals surface area (Å²) in [5, 5.41) is 0. The first-order valence-electron chi connectivity index (χ1n) is 6.36. The molecular formula is C15H24. The molecule has 0 aromatic heterocycles. The summed E-state index contributed by atoms with van der Waals surface area (Å²) in [4.78, 5) is 0. The summed E-state index contributed by atoms with van der Waals surface area (Å²) < 4.78 is 0. The second-order valence-corrected chi connectivity index (χ2v) is 6.04. The molecule has 2 rings (SSSR count). The molecule has 0 nitrogen and oxygen atoms in total. The second-order valence-electron chi connectivity index (χ2n) is 6.04. The van der Waals surface area contributed by atoms with Crippen molar-refractivity contribution in [2.45, 2.75) is 52.4 Å². The number of fused-ring (bicyclic) bond motifs is 1. The molecule has 2 unspecified atom stereocenters. The third-order valence-electron chi connectivity index (χ3n) is 4.86. The lowest BCUT2D eigenvalue weighted by Crippen LogP contribution is -2.38. The molecule has 3 atom stereocenters. The zero-order valence-electron chi connectivity index (χ0n) is 10.3. The number of allylic oxidation sites excluding steroid dienone is 2. The summed E-state index contributed by atoms with van der Waals surface area (Å²) >= 11 is 0. The van der Waals surface area contributed by atoms with Gasteiger partial charge in [-0.15, -0.1) is 0 Å². The van der Waals surface area contributed by atoms with E-state index >= 15 is 0 Å². The van der Waals surface area contributed by atoms with Crippen molar-refractivity contribution < 1.29 is 0 Å². The van der Waals surface area contributed by atoms with Crippen molar-refractivity contribution >= 4 is 0 Å². The smallest absolute Gasteiger partial charge is 0.0146 e. The molecule has 0 aromatic carbocycles. The molecule has 0 spiro atoms. The summed E-state index contributed by atoms with van der Waals surface area (Å²) in [6.45, 7) is 13.1. The van der Waals surface area contributed by atoms with E-state index in [1.807, 2.05) is 0 Å².